The summed E-state index contributed by atoms with van der Waals surface area (Å²) in [7, 11) is -5.34. The standard InChI is InChI=1S/C6H5F3N2O2S/c7-6(8,9)14(12,13)11-5-2-1-3-10-4-5/h1-4,11H. The second-order valence-corrected chi connectivity index (χ2v) is 3.97. The van der Waals surface area contributed by atoms with Crippen molar-refractivity contribution in [3.63, 3.8) is 0 Å². The van der Waals surface area contributed by atoms with Crippen LogP contribution in [0.25, 0.3) is 0 Å². The van der Waals surface area contributed by atoms with Gasteiger partial charge in [0.25, 0.3) is 0 Å². The molecule has 1 aromatic heterocycles. The van der Waals surface area contributed by atoms with E-state index in [9.17, 15) is 21.6 Å². The van der Waals surface area contributed by atoms with Crippen molar-refractivity contribution in [2.24, 2.45) is 0 Å². The fourth-order valence-corrected chi connectivity index (χ4v) is 1.18. The van der Waals surface area contributed by atoms with Gasteiger partial charge in [0.15, 0.2) is 0 Å². The molecule has 0 fully saturated rings. The zero-order valence-corrected chi connectivity index (χ0v) is 7.43. The molecule has 0 aliphatic heterocycles. The van der Waals surface area contributed by atoms with Gasteiger partial charge < -0.3 is 0 Å². The number of sulfonamides is 1. The molecule has 0 saturated heterocycles. The molecule has 14 heavy (non-hydrogen) atoms. The molecular weight excluding hydrogens is 221 g/mol. The SMILES string of the molecule is O=S(=O)(Nc1cccnc1)C(F)(F)F. The van der Waals surface area contributed by atoms with E-state index < -0.39 is 15.5 Å². The molecule has 1 N–H and O–H groups in total. The highest BCUT2D eigenvalue weighted by molar-refractivity contribution is 7.93. The Morgan fingerprint density at radius 1 is 1.36 bits per heavy atom. The predicted molar refractivity (Wildman–Crippen MR) is 42.8 cm³/mol. The molecule has 0 aliphatic carbocycles. The quantitative estimate of drug-likeness (QED) is 0.827. The minimum Gasteiger partial charge on any atom is -0.274 e. The Morgan fingerprint density at radius 3 is 2.43 bits per heavy atom. The number of anilines is 1. The second kappa shape index (κ2) is 3.45. The van der Waals surface area contributed by atoms with Gasteiger partial charge in [-0.1, -0.05) is 0 Å². The minimum absolute atomic E-state index is 0.232. The van der Waals surface area contributed by atoms with Gasteiger partial charge in [-0.25, -0.2) is 0 Å². The molecule has 8 heteroatoms. The summed E-state index contributed by atoms with van der Waals surface area (Å²) in [6.45, 7) is 0. The number of hydrogen-bond donors (Lipinski definition) is 1. The molecule has 0 amide bonds. The van der Waals surface area contributed by atoms with Crippen LogP contribution in [0.4, 0.5) is 18.9 Å². The number of aromatic nitrogens is 1. The fraction of sp³-hybridized carbons (Fsp3) is 0.167. The van der Waals surface area contributed by atoms with E-state index in [0.29, 0.717) is 0 Å². The third kappa shape index (κ3) is 2.34. The number of pyridine rings is 1. The molecular formula is C6H5F3N2O2S. The molecule has 1 aromatic rings. The van der Waals surface area contributed by atoms with Crippen LogP contribution in [-0.4, -0.2) is 18.9 Å². The van der Waals surface area contributed by atoms with Gasteiger partial charge >= 0.3 is 15.5 Å². The van der Waals surface area contributed by atoms with E-state index in [0.717, 1.165) is 12.3 Å². The molecule has 0 aromatic carbocycles. The van der Waals surface area contributed by atoms with Crippen LogP contribution in [0.1, 0.15) is 0 Å². The van der Waals surface area contributed by atoms with Crippen LogP contribution in [0, 0.1) is 0 Å². The maximum Gasteiger partial charge on any atom is 0.516 e. The van der Waals surface area contributed by atoms with Crippen molar-refractivity contribution in [3.8, 4) is 0 Å². The summed E-state index contributed by atoms with van der Waals surface area (Å²) in [6, 6.07) is 2.48. The highest BCUT2D eigenvalue weighted by atomic mass is 32.2. The number of halogens is 3. The van der Waals surface area contributed by atoms with Gasteiger partial charge in [0.05, 0.1) is 11.9 Å². The molecule has 0 spiro atoms. The first-order valence-electron chi connectivity index (χ1n) is 3.32. The lowest BCUT2D eigenvalue weighted by Gasteiger charge is -2.09. The molecule has 0 aliphatic rings. The summed E-state index contributed by atoms with van der Waals surface area (Å²) in [6.07, 6.45) is 2.29. The Labute approximate surface area is 77.8 Å². The van der Waals surface area contributed by atoms with Crippen molar-refractivity contribution in [1.82, 2.24) is 4.98 Å². The van der Waals surface area contributed by atoms with Crippen LogP contribution in [0.3, 0.4) is 0 Å². The molecule has 0 radical (unpaired) electrons. The van der Waals surface area contributed by atoms with Crippen molar-refractivity contribution in [1.29, 1.82) is 0 Å². The lowest BCUT2D eigenvalue weighted by Crippen LogP contribution is -2.29. The zero-order valence-electron chi connectivity index (χ0n) is 6.62. The van der Waals surface area contributed by atoms with Gasteiger partial charge in [-0.3, -0.25) is 9.71 Å². The molecule has 0 saturated carbocycles. The van der Waals surface area contributed by atoms with Crippen molar-refractivity contribution in [2.45, 2.75) is 5.51 Å². The third-order valence-corrected chi connectivity index (χ3v) is 2.33. The van der Waals surface area contributed by atoms with E-state index >= 15 is 0 Å². The molecule has 0 unspecified atom stereocenters. The summed E-state index contributed by atoms with van der Waals surface area (Å²) < 4.78 is 58.0. The van der Waals surface area contributed by atoms with Crippen LogP contribution in [0.15, 0.2) is 24.5 Å². The normalized spacial score (nSPS) is 12.5. The largest absolute Gasteiger partial charge is 0.516 e. The summed E-state index contributed by atoms with van der Waals surface area (Å²) in [4.78, 5) is 3.46. The molecule has 1 rings (SSSR count). The Balaban J connectivity index is 2.91. The predicted octanol–water partition coefficient (Wildman–Crippen LogP) is 1.34. The van der Waals surface area contributed by atoms with E-state index in [-0.39, 0.29) is 5.69 Å². The van der Waals surface area contributed by atoms with Crippen molar-refractivity contribution in [3.05, 3.63) is 24.5 Å². The number of alkyl halides is 3. The number of rotatable bonds is 2. The Bertz CT molecular complexity index is 401. The number of nitrogens with zero attached hydrogens (tertiary/aromatic N) is 1. The average Bonchev–Trinajstić information content (AvgIpc) is 2.03. The summed E-state index contributed by atoms with van der Waals surface area (Å²) in [5.74, 6) is 0. The number of nitrogens with one attached hydrogen (secondary N) is 1. The van der Waals surface area contributed by atoms with Crippen LogP contribution < -0.4 is 4.72 Å². The summed E-state index contributed by atoms with van der Waals surface area (Å²) in [5, 5.41) is 0. The monoisotopic (exact) mass is 226 g/mol. The van der Waals surface area contributed by atoms with Crippen LogP contribution in [0.2, 0.25) is 0 Å². The van der Waals surface area contributed by atoms with Gasteiger partial charge in [-0.05, 0) is 12.1 Å². The number of hydrogen-bond acceptors (Lipinski definition) is 3. The van der Waals surface area contributed by atoms with Crippen LogP contribution >= 0.6 is 0 Å². The molecule has 0 bridgehead atoms. The first-order chi connectivity index (χ1) is 6.33. The Hall–Kier alpha value is -1.31. The van der Waals surface area contributed by atoms with Gasteiger partial charge in [0.2, 0.25) is 0 Å². The highest BCUT2D eigenvalue weighted by Crippen LogP contribution is 2.24. The Kier molecular flexibility index (Phi) is 2.65. The summed E-state index contributed by atoms with van der Waals surface area (Å²) >= 11 is 0. The average molecular weight is 226 g/mol. The van der Waals surface area contributed by atoms with Crippen molar-refractivity contribution in [2.75, 3.05) is 4.72 Å². The van der Waals surface area contributed by atoms with Crippen molar-refractivity contribution >= 4 is 15.7 Å². The van der Waals surface area contributed by atoms with Gasteiger partial charge in [-0.15, -0.1) is 0 Å². The maximum atomic E-state index is 11.8. The lowest BCUT2D eigenvalue weighted by molar-refractivity contribution is -0.0429. The highest BCUT2D eigenvalue weighted by Gasteiger charge is 2.45. The van der Waals surface area contributed by atoms with E-state index in [4.69, 9.17) is 0 Å². The third-order valence-electron chi connectivity index (χ3n) is 1.22. The van der Waals surface area contributed by atoms with Crippen LogP contribution in [0.5, 0.6) is 0 Å². The smallest absolute Gasteiger partial charge is 0.274 e. The summed E-state index contributed by atoms with van der Waals surface area (Å²) in [5.41, 5.74) is -5.55. The zero-order chi connectivity index (χ0) is 10.8. The minimum atomic E-state index is -5.34. The first kappa shape index (κ1) is 10.8. The van der Waals surface area contributed by atoms with Gasteiger partial charge in [0, 0.05) is 6.20 Å². The van der Waals surface area contributed by atoms with Crippen molar-refractivity contribution < 1.29 is 21.6 Å². The van der Waals surface area contributed by atoms with E-state index in [2.05, 4.69) is 4.98 Å². The molecule has 1 heterocycles. The van der Waals surface area contributed by atoms with E-state index in [1.54, 1.807) is 0 Å². The van der Waals surface area contributed by atoms with Crippen LogP contribution in [-0.2, 0) is 10.0 Å². The lowest BCUT2D eigenvalue weighted by atomic mass is 10.4. The molecule has 78 valence electrons. The second-order valence-electron chi connectivity index (χ2n) is 2.29. The topological polar surface area (TPSA) is 59.1 Å². The fourth-order valence-electron chi connectivity index (χ4n) is 0.636. The first-order valence-corrected chi connectivity index (χ1v) is 4.80. The van der Waals surface area contributed by atoms with E-state index in [1.165, 1.54) is 17.0 Å². The van der Waals surface area contributed by atoms with Gasteiger partial charge in [-0.2, -0.15) is 21.6 Å². The molecule has 4 nitrogen and oxygen atoms in total. The Morgan fingerprint density at radius 2 is 2.00 bits per heavy atom. The van der Waals surface area contributed by atoms with Gasteiger partial charge in [0.1, 0.15) is 0 Å². The van der Waals surface area contributed by atoms with E-state index in [1.807, 2.05) is 0 Å². The molecule has 0 atom stereocenters. The maximum absolute atomic E-state index is 11.8.